The van der Waals surface area contributed by atoms with Gasteiger partial charge in [0.1, 0.15) is 5.69 Å². The molecule has 0 atom stereocenters. The molecule has 5 rings (SSSR count). The number of fused-ring (bicyclic) bond motifs is 1. The number of aryl methyl sites for hydroxylation is 1. The number of nitrogen functional groups attached to an aromatic ring is 1. The minimum atomic E-state index is 0.354. The molecule has 29 heavy (non-hydrogen) atoms. The second kappa shape index (κ2) is 6.97. The van der Waals surface area contributed by atoms with Gasteiger partial charge in [0.25, 0.3) is 0 Å². The lowest BCUT2D eigenvalue weighted by atomic mass is 10.1. The molecule has 1 aliphatic rings. The minimum Gasteiger partial charge on any atom is -0.382 e. The number of H-pyrrole nitrogens is 1. The summed E-state index contributed by atoms with van der Waals surface area (Å²) >= 11 is 0. The molecule has 0 bridgehead atoms. The zero-order chi connectivity index (χ0) is 20.0. The summed E-state index contributed by atoms with van der Waals surface area (Å²) in [6.45, 7) is 4.24. The second-order valence-corrected chi connectivity index (χ2v) is 7.84. The Bertz CT molecular complexity index is 1170. The summed E-state index contributed by atoms with van der Waals surface area (Å²) < 4.78 is 2.06. The highest BCUT2D eigenvalue weighted by Crippen LogP contribution is 2.28. The number of nitrogens with two attached hydrogens (primary N) is 1. The van der Waals surface area contributed by atoms with Crippen molar-refractivity contribution < 1.29 is 0 Å². The number of nitrogens with zero attached hydrogens (tertiary/aromatic N) is 6. The number of hydrogen-bond donors (Lipinski definition) is 2. The van der Waals surface area contributed by atoms with E-state index in [-0.39, 0.29) is 0 Å². The summed E-state index contributed by atoms with van der Waals surface area (Å²) in [7, 11) is 2.16. The fourth-order valence-electron chi connectivity index (χ4n) is 3.87. The maximum Gasteiger partial charge on any atom is 0.161 e. The molecule has 3 aromatic heterocycles. The predicted molar refractivity (Wildman–Crippen MR) is 113 cm³/mol. The first kappa shape index (κ1) is 17.8. The van der Waals surface area contributed by atoms with Crippen molar-refractivity contribution in [1.82, 2.24) is 34.6 Å². The molecule has 1 saturated heterocycles. The number of piperidine rings is 1. The first-order valence-corrected chi connectivity index (χ1v) is 9.89. The molecular formula is C21H24N8. The van der Waals surface area contributed by atoms with Crippen LogP contribution in [0.2, 0.25) is 0 Å². The zero-order valence-corrected chi connectivity index (χ0v) is 16.6. The van der Waals surface area contributed by atoms with Crippen molar-refractivity contribution in [3.05, 3.63) is 42.4 Å². The van der Waals surface area contributed by atoms with Crippen LogP contribution in [0, 0.1) is 6.92 Å². The molecule has 3 N–H and O–H groups in total. The molecule has 0 unspecified atom stereocenters. The number of aromatic nitrogens is 6. The molecule has 1 fully saturated rings. The van der Waals surface area contributed by atoms with Gasteiger partial charge < -0.3 is 15.6 Å². The third-order valence-electron chi connectivity index (χ3n) is 5.62. The smallest absolute Gasteiger partial charge is 0.161 e. The lowest BCUT2D eigenvalue weighted by Crippen LogP contribution is -2.31. The van der Waals surface area contributed by atoms with Crippen molar-refractivity contribution in [1.29, 1.82) is 0 Å². The van der Waals surface area contributed by atoms with Crippen molar-refractivity contribution in [3.8, 4) is 22.8 Å². The van der Waals surface area contributed by atoms with Gasteiger partial charge in [0.2, 0.25) is 0 Å². The quantitative estimate of drug-likeness (QED) is 0.559. The Kier molecular flexibility index (Phi) is 4.28. The highest BCUT2D eigenvalue weighted by atomic mass is 15.3. The van der Waals surface area contributed by atoms with Crippen LogP contribution in [0.15, 0.2) is 36.8 Å². The first-order valence-electron chi connectivity index (χ1n) is 9.89. The third kappa shape index (κ3) is 3.36. The summed E-state index contributed by atoms with van der Waals surface area (Å²) in [6, 6.07) is 6.53. The van der Waals surface area contributed by atoms with Crippen LogP contribution < -0.4 is 5.73 Å². The Balaban J connectivity index is 1.48. The molecule has 4 heterocycles. The van der Waals surface area contributed by atoms with Crippen LogP contribution in [-0.2, 0) is 0 Å². The van der Waals surface area contributed by atoms with Crippen molar-refractivity contribution in [2.24, 2.45) is 0 Å². The first-order chi connectivity index (χ1) is 14.1. The normalized spacial score (nSPS) is 15.9. The number of nitrogens with one attached hydrogen (secondary N) is 1. The van der Waals surface area contributed by atoms with E-state index in [4.69, 9.17) is 10.7 Å². The molecule has 8 nitrogen and oxygen atoms in total. The Hall–Kier alpha value is -3.26. The number of aromatic amines is 1. The molecule has 148 valence electrons. The van der Waals surface area contributed by atoms with E-state index in [0.717, 1.165) is 53.8 Å². The van der Waals surface area contributed by atoms with E-state index in [1.54, 1.807) is 6.20 Å². The molecule has 0 aliphatic carbocycles. The van der Waals surface area contributed by atoms with Crippen LogP contribution in [0.3, 0.4) is 0 Å². The van der Waals surface area contributed by atoms with Crippen LogP contribution in [0.5, 0.6) is 0 Å². The second-order valence-electron chi connectivity index (χ2n) is 7.84. The molecule has 1 aliphatic heterocycles. The van der Waals surface area contributed by atoms with E-state index in [1.165, 1.54) is 0 Å². The van der Waals surface area contributed by atoms with Crippen LogP contribution in [0.4, 0.5) is 5.82 Å². The Morgan fingerprint density at radius 1 is 1.14 bits per heavy atom. The maximum atomic E-state index is 6.13. The van der Waals surface area contributed by atoms with E-state index in [9.17, 15) is 0 Å². The van der Waals surface area contributed by atoms with Gasteiger partial charge in [0.05, 0.1) is 35.2 Å². The molecule has 4 aromatic rings. The largest absolute Gasteiger partial charge is 0.382 e. The minimum absolute atomic E-state index is 0.354. The molecule has 0 saturated carbocycles. The summed E-state index contributed by atoms with van der Waals surface area (Å²) in [4.78, 5) is 19.4. The Labute approximate surface area is 168 Å². The lowest BCUT2D eigenvalue weighted by Gasteiger charge is -2.28. The summed E-state index contributed by atoms with van der Waals surface area (Å²) in [5.74, 6) is 0.979. The Morgan fingerprint density at radius 2 is 1.97 bits per heavy atom. The summed E-state index contributed by atoms with van der Waals surface area (Å²) in [5.41, 5.74) is 11.4. The van der Waals surface area contributed by atoms with Crippen molar-refractivity contribution in [3.63, 3.8) is 0 Å². The average molecular weight is 388 g/mol. The molecule has 8 heteroatoms. The molecule has 0 amide bonds. The maximum absolute atomic E-state index is 6.13. The van der Waals surface area contributed by atoms with Crippen LogP contribution in [0.25, 0.3) is 33.8 Å². The monoisotopic (exact) mass is 388 g/mol. The molecule has 1 aromatic carbocycles. The van der Waals surface area contributed by atoms with E-state index in [0.29, 0.717) is 23.4 Å². The van der Waals surface area contributed by atoms with E-state index < -0.39 is 0 Å². The zero-order valence-electron chi connectivity index (χ0n) is 16.6. The highest BCUT2D eigenvalue weighted by Gasteiger charge is 2.20. The van der Waals surface area contributed by atoms with Gasteiger partial charge in [-0.05, 0) is 57.6 Å². The van der Waals surface area contributed by atoms with Crippen LogP contribution in [-0.4, -0.2) is 54.8 Å². The lowest BCUT2D eigenvalue weighted by molar-refractivity contribution is 0.212. The number of hydrogen-bond acceptors (Lipinski definition) is 6. The number of rotatable bonds is 3. The van der Waals surface area contributed by atoms with Gasteiger partial charge in [-0.1, -0.05) is 6.07 Å². The van der Waals surface area contributed by atoms with Gasteiger partial charge in [-0.2, -0.15) is 5.10 Å². The van der Waals surface area contributed by atoms with Crippen LogP contribution >= 0.6 is 0 Å². The standard InChI is InChI=1S/C21H24N8/c1-13-3-4-16-17(9-13)27-21(26-16)19-20(22)23-11-18(25-19)14-10-24-29(12-14)15-5-7-28(2)8-6-15/h3-4,9-12,15H,5-8H2,1-2H3,(H2,22,23)(H,26,27). The fraction of sp³-hybridized carbons (Fsp3) is 0.333. The Morgan fingerprint density at radius 3 is 2.79 bits per heavy atom. The number of likely N-dealkylation sites (tertiary alicyclic amines) is 1. The van der Waals surface area contributed by atoms with Crippen molar-refractivity contribution in [2.75, 3.05) is 25.9 Å². The summed E-state index contributed by atoms with van der Waals surface area (Å²) in [6.07, 6.45) is 7.82. The molecule has 0 spiro atoms. The van der Waals surface area contributed by atoms with Gasteiger partial charge in [0, 0.05) is 11.8 Å². The number of imidazole rings is 1. The van der Waals surface area contributed by atoms with Gasteiger partial charge in [-0.25, -0.2) is 15.0 Å². The van der Waals surface area contributed by atoms with Gasteiger partial charge >= 0.3 is 0 Å². The SMILES string of the molecule is Cc1ccc2[nH]c(-c3nc(-c4cnn(C5CCN(C)CC5)c4)cnc3N)nc2c1. The van der Waals surface area contributed by atoms with Gasteiger partial charge in [0.15, 0.2) is 11.6 Å². The number of anilines is 1. The van der Waals surface area contributed by atoms with Gasteiger partial charge in [-0.3, -0.25) is 4.68 Å². The molecule has 0 radical (unpaired) electrons. The van der Waals surface area contributed by atoms with E-state index in [1.807, 2.05) is 31.3 Å². The predicted octanol–water partition coefficient (Wildman–Crippen LogP) is 3.04. The molecular weight excluding hydrogens is 364 g/mol. The van der Waals surface area contributed by atoms with E-state index in [2.05, 4.69) is 42.9 Å². The topological polar surface area (TPSA) is 102 Å². The van der Waals surface area contributed by atoms with Gasteiger partial charge in [-0.15, -0.1) is 0 Å². The third-order valence-corrected chi connectivity index (χ3v) is 5.62. The summed E-state index contributed by atoms with van der Waals surface area (Å²) in [5, 5.41) is 4.59. The fourth-order valence-corrected chi connectivity index (χ4v) is 3.87. The van der Waals surface area contributed by atoms with E-state index >= 15 is 0 Å². The average Bonchev–Trinajstić information content (AvgIpc) is 3.36. The highest BCUT2D eigenvalue weighted by molar-refractivity contribution is 5.81. The number of benzene rings is 1. The van der Waals surface area contributed by atoms with Crippen molar-refractivity contribution in [2.45, 2.75) is 25.8 Å². The van der Waals surface area contributed by atoms with Crippen molar-refractivity contribution >= 4 is 16.9 Å². The van der Waals surface area contributed by atoms with Crippen LogP contribution in [0.1, 0.15) is 24.4 Å².